The summed E-state index contributed by atoms with van der Waals surface area (Å²) in [5.41, 5.74) is 6.71. The van der Waals surface area contributed by atoms with E-state index in [1.165, 1.54) is 24.4 Å². The molecular formula is C12H9FN4. The van der Waals surface area contributed by atoms with E-state index in [2.05, 4.69) is 10.3 Å². The van der Waals surface area contributed by atoms with Gasteiger partial charge in [-0.15, -0.1) is 0 Å². The lowest BCUT2D eigenvalue weighted by Crippen LogP contribution is -1.96. The number of halogens is 1. The second-order valence-corrected chi connectivity index (χ2v) is 3.40. The molecule has 3 N–H and O–H groups in total. The number of benzene rings is 1. The van der Waals surface area contributed by atoms with Crippen LogP contribution in [0.5, 0.6) is 0 Å². The topological polar surface area (TPSA) is 74.7 Å². The van der Waals surface area contributed by atoms with Crippen LogP contribution in [0.4, 0.5) is 21.6 Å². The molecule has 1 aromatic heterocycles. The van der Waals surface area contributed by atoms with Gasteiger partial charge in [-0.3, -0.25) is 0 Å². The maximum atomic E-state index is 13.6. The summed E-state index contributed by atoms with van der Waals surface area (Å²) in [7, 11) is 0. The highest BCUT2D eigenvalue weighted by Crippen LogP contribution is 2.21. The van der Waals surface area contributed by atoms with E-state index < -0.39 is 5.82 Å². The van der Waals surface area contributed by atoms with Crippen LogP contribution >= 0.6 is 0 Å². The molecule has 0 aliphatic heterocycles. The maximum Gasteiger partial charge on any atom is 0.147 e. The zero-order chi connectivity index (χ0) is 12.3. The molecule has 0 atom stereocenters. The lowest BCUT2D eigenvalue weighted by atomic mass is 10.2. The number of aromatic nitrogens is 1. The first-order chi connectivity index (χ1) is 8.19. The third-order valence-corrected chi connectivity index (χ3v) is 2.16. The molecule has 0 radical (unpaired) electrons. The molecule has 2 rings (SSSR count). The summed E-state index contributed by atoms with van der Waals surface area (Å²) < 4.78 is 13.6. The molecule has 0 aliphatic rings. The molecule has 0 saturated carbocycles. The first-order valence-corrected chi connectivity index (χ1v) is 4.87. The largest absolute Gasteiger partial charge is 0.384 e. The van der Waals surface area contributed by atoms with E-state index in [9.17, 15) is 4.39 Å². The molecule has 0 fully saturated rings. The zero-order valence-corrected chi connectivity index (χ0v) is 8.81. The van der Waals surface area contributed by atoms with E-state index >= 15 is 0 Å². The molecule has 84 valence electrons. The van der Waals surface area contributed by atoms with Gasteiger partial charge in [-0.2, -0.15) is 5.26 Å². The third-order valence-electron chi connectivity index (χ3n) is 2.16. The summed E-state index contributed by atoms with van der Waals surface area (Å²) >= 11 is 0. The van der Waals surface area contributed by atoms with Crippen LogP contribution in [0.2, 0.25) is 0 Å². The van der Waals surface area contributed by atoms with Crippen molar-refractivity contribution < 1.29 is 4.39 Å². The molecule has 2 aromatic rings. The van der Waals surface area contributed by atoms with Gasteiger partial charge in [-0.1, -0.05) is 0 Å². The molecule has 1 aromatic carbocycles. The fourth-order valence-electron chi connectivity index (χ4n) is 1.37. The molecule has 0 spiro atoms. The van der Waals surface area contributed by atoms with E-state index in [0.717, 1.165) is 0 Å². The highest BCUT2D eigenvalue weighted by molar-refractivity contribution is 5.63. The average molecular weight is 228 g/mol. The number of anilines is 3. The third kappa shape index (κ3) is 2.49. The molecule has 17 heavy (non-hydrogen) atoms. The van der Waals surface area contributed by atoms with Crippen molar-refractivity contribution in [2.24, 2.45) is 0 Å². The van der Waals surface area contributed by atoms with Gasteiger partial charge in [0, 0.05) is 18.0 Å². The predicted octanol–water partition coefficient (Wildman–Crippen LogP) is 2.42. The van der Waals surface area contributed by atoms with Gasteiger partial charge < -0.3 is 11.1 Å². The summed E-state index contributed by atoms with van der Waals surface area (Å²) in [6, 6.07) is 9.36. The van der Waals surface area contributed by atoms with Crippen LogP contribution in [-0.2, 0) is 0 Å². The highest BCUT2D eigenvalue weighted by atomic mass is 19.1. The van der Waals surface area contributed by atoms with E-state index in [4.69, 9.17) is 11.0 Å². The van der Waals surface area contributed by atoms with Crippen molar-refractivity contribution in [3.63, 3.8) is 0 Å². The van der Waals surface area contributed by atoms with Crippen molar-refractivity contribution in [1.82, 2.24) is 4.98 Å². The van der Waals surface area contributed by atoms with Gasteiger partial charge in [-0.05, 0) is 24.3 Å². The van der Waals surface area contributed by atoms with Crippen LogP contribution in [-0.4, -0.2) is 4.98 Å². The SMILES string of the molecule is N#Cc1ccc(Nc2ccnc(N)c2)c(F)c1. The second-order valence-electron chi connectivity index (χ2n) is 3.40. The van der Waals surface area contributed by atoms with Crippen LogP contribution in [0, 0.1) is 17.1 Å². The number of nitrogens with zero attached hydrogens (tertiary/aromatic N) is 2. The van der Waals surface area contributed by atoms with Gasteiger partial charge in [0.1, 0.15) is 11.6 Å². The summed E-state index contributed by atoms with van der Waals surface area (Å²) in [5.74, 6) is -0.136. The Kier molecular flexibility index (Phi) is 2.88. The lowest BCUT2D eigenvalue weighted by Gasteiger charge is -2.07. The summed E-state index contributed by atoms with van der Waals surface area (Å²) in [5, 5.41) is 11.5. The van der Waals surface area contributed by atoms with Crippen LogP contribution in [0.15, 0.2) is 36.5 Å². The van der Waals surface area contributed by atoms with E-state index in [1.54, 1.807) is 12.1 Å². The van der Waals surface area contributed by atoms with E-state index in [0.29, 0.717) is 11.5 Å². The molecule has 0 saturated heterocycles. The first kappa shape index (κ1) is 10.9. The Morgan fingerprint density at radius 2 is 2.12 bits per heavy atom. The number of rotatable bonds is 2. The number of nitrogen functional groups attached to an aromatic ring is 1. The minimum Gasteiger partial charge on any atom is -0.384 e. The number of pyridine rings is 1. The van der Waals surface area contributed by atoms with Gasteiger partial charge in [0.05, 0.1) is 17.3 Å². The van der Waals surface area contributed by atoms with Crippen molar-refractivity contribution in [1.29, 1.82) is 5.26 Å². The Labute approximate surface area is 97.5 Å². The maximum absolute atomic E-state index is 13.6. The Morgan fingerprint density at radius 3 is 2.76 bits per heavy atom. The smallest absolute Gasteiger partial charge is 0.147 e. The molecule has 5 heteroatoms. The summed E-state index contributed by atoms with van der Waals surface area (Å²) in [6.07, 6.45) is 1.53. The number of nitriles is 1. The number of hydrogen-bond donors (Lipinski definition) is 2. The molecule has 0 bridgehead atoms. The molecular weight excluding hydrogens is 219 g/mol. The van der Waals surface area contributed by atoms with Crippen LogP contribution in [0.3, 0.4) is 0 Å². The lowest BCUT2D eigenvalue weighted by molar-refractivity contribution is 0.631. The monoisotopic (exact) mass is 228 g/mol. The molecule has 1 heterocycles. The number of nitrogens with one attached hydrogen (secondary N) is 1. The first-order valence-electron chi connectivity index (χ1n) is 4.87. The van der Waals surface area contributed by atoms with Gasteiger partial charge in [0.25, 0.3) is 0 Å². The summed E-state index contributed by atoms with van der Waals surface area (Å²) in [6.45, 7) is 0. The van der Waals surface area contributed by atoms with Gasteiger partial charge in [0.15, 0.2) is 0 Å². The average Bonchev–Trinajstić information content (AvgIpc) is 2.32. The van der Waals surface area contributed by atoms with E-state index in [1.807, 2.05) is 6.07 Å². The number of hydrogen-bond acceptors (Lipinski definition) is 4. The number of nitrogens with two attached hydrogens (primary N) is 1. The van der Waals surface area contributed by atoms with Crippen molar-refractivity contribution in [3.05, 3.63) is 47.9 Å². The quantitative estimate of drug-likeness (QED) is 0.827. The zero-order valence-electron chi connectivity index (χ0n) is 8.81. The van der Waals surface area contributed by atoms with E-state index in [-0.39, 0.29) is 11.3 Å². The molecule has 0 aliphatic carbocycles. The van der Waals surface area contributed by atoms with Gasteiger partial charge >= 0.3 is 0 Å². The Bertz CT molecular complexity index is 589. The Morgan fingerprint density at radius 1 is 1.29 bits per heavy atom. The normalized spacial score (nSPS) is 9.65. The predicted molar refractivity (Wildman–Crippen MR) is 63.0 cm³/mol. The van der Waals surface area contributed by atoms with Crippen LogP contribution < -0.4 is 11.1 Å². The standard InChI is InChI=1S/C12H9FN4/c13-10-5-8(7-14)1-2-11(10)17-9-3-4-16-12(15)6-9/h1-6H,(H3,15,16,17). The highest BCUT2D eigenvalue weighted by Gasteiger charge is 2.04. The minimum absolute atomic E-state index is 0.280. The summed E-state index contributed by atoms with van der Waals surface area (Å²) in [4.78, 5) is 3.83. The molecule has 0 unspecified atom stereocenters. The van der Waals surface area contributed by atoms with Crippen molar-refractivity contribution in [2.45, 2.75) is 0 Å². The van der Waals surface area contributed by atoms with Crippen molar-refractivity contribution in [2.75, 3.05) is 11.1 Å². The van der Waals surface area contributed by atoms with Crippen molar-refractivity contribution >= 4 is 17.2 Å². The molecule has 0 amide bonds. The van der Waals surface area contributed by atoms with Crippen LogP contribution in [0.25, 0.3) is 0 Å². The fourth-order valence-corrected chi connectivity index (χ4v) is 1.37. The van der Waals surface area contributed by atoms with Gasteiger partial charge in [-0.25, -0.2) is 9.37 Å². The minimum atomic E-state index is -0.487. The van der Waals surface area contributed by atoms with Gasteiger partial charge in [0.2, 0.25) is 0 Å². The van der Waals surface area contributed by atoms with Crippen molar-refractivity contribution in [3.8, 4) is 6.07 Å². The Hall–Kier alpha value is -2.61. The molecule has 4 nitrogen and oxygen atoms in total. The van der Waals surface area contributed by atoms with Crippen LogP contribution in [0.1, 0.15) is 5.56 Å². The fraction of sp³-hybridized carbons (Fsp3) is 0. The second kappa shape index (κ2) is 4.49. The Balaban J connectivity index is 2.28.